The second-order valence-corrected chi connectivity index (χ2v) is 6.06. The highest BCUT2D eigenvalue weighted by atomic mass is 16.5. The van der Waals surface area contributed by atoms with E-state index in [-0.39, 0.29) is 11.5 Å². The molecule has 6 heteroatoms. The van der Waals surface area contributed by atoms with Crippen LogP contribution in [-0.4, -0.2) is 37.7 Å². The number of guanidine groups is 1. The minimum absolute atomic E-state index is 0.0719. The van der Waals surface area contributed by atoms with Crippen LogP contribution in [0.3, 0.4) is 0 Å². The summed E-state index contributed by atoms with van der Waals surface area (Å²) >= 11 is 0. The molecule has 6 nitrogen and oxygen atoms in total. The Bertz CT molecular complexity index is 565. The normalized spacial score (nSPS) is 21.1. The van der Waals surface area contributed by atoms with E-state index >= 15 is 0 Å². The van der Waals surface area contributed by atoms with E-state index in [9.17, 15) is 4.79 Å². The maximum atomic E-state index is 11.1. The summed E-state index contributed by atoms with van der Waals surface area (Å²) in [5, 5.41) is 9.38. The van der Waals surface area contributed by atoms with E-state index in [1.54, 1.807) is 7.05 Å². The van der Waals surface area contributed by atoms with E-state index in [0.29, 0.717) is 6.54 Å². The summed E-state index contributed by atoms with van der Waals surface area (Å²) in [7, 11) is 1.75. The van der Waals surface area contributed by atoms with Gasteiger partial charge in [-0.2, -0.15) is 0 Å². The van der Waals surface area contributed by atoms with Gasteiger partial charge in [0.2, 0.25) is 5.91 Å². The number of anilines is 1. The first-order valence-corrected chi connectivity index (χ1v) is 7.96. The molecule has 1 aromatic rings. The van der Waals surface area contributed by atoms with Crippen molar-refractivity contribution in [3.05, 3.63) is 29.8 Å². The molecule has 1 atom stereocenters. The van der Waals surface area contributed by atoms with Crippen LogP contribution >= 0.6 is 0 Å². The molecule has 2 rings (SSSR count). The molecule has 23 heavy (non-hydrogen) atoms. The third-order valence-corrected chi connectivity index (χ3v) is 3.86. The summed E-state index contributed by atoms with van der Waals surface area (Å²) in [6, 6.07) is 7.75. The van der Waals surface area contributed by atoms with Gasteiger partial charge < -0.3 is 20.7 Å². The van der Waals surface area contributed by atoms with Gasteiger partial charge in [0.15, 0.2) is 5.96 Å². The fraction of sp³-hybridized carbons (Fsp3) is 0.529. The number of amides is 1. The topological polar surface area (TPSA) is 74.8 Å². The van der Waals surface area contributed by atoms with Crippen LogP contribution in [0.1, 0.15) is 32.3 Å². The van der Waals surface area contributed by atoms with Crippen LogP contribution in [0.15, 0.2) is 29.3 Å². The molecule has 1 amide bonds. The number of rotatable bonds is 5. The summed E-state index contributed by atoms with van der Waals surface area (Å²) < 4.78 is 5.77. The summed E-state index contributed by atoms with van der Waals surface area (Å²) in [4.78, 5) is 15.3. The lowest BCUT2D eigenvalue weighted by molar-refractivity contribution is -0.114. The third-order valence-electron chi connectivity index (χ3n) is 3.86. The number of benzene rings is 1. The molecular weight excluding hydrogens is 292 g/mol. The van der Waals surface area contributed by atoms with E-state index in [1.165, 1.54) is 6.92 Å². The van der Waals surface area contributed by atoms with Crippen LogP contribution in [0.4, 0.5) is 5.69 Å². The second kappa shape index (κ2) is 7.97. The van der Waals surface area contributed by atoms with E-state index in [4.69, 9.17) is 4.74 Å². The second-order valence-electron chi connectivity index (χ2n) is 6.06. The molecule has 0 aliphatic carbocycles. The van der Waals surface area contributed by atoms with Crippen molar-refractivity contribution in [3.8, 4) is 0 Å². The highest BCUT2D eigenvalue weighted by Gasteiger charge is 2.29. The Morgan fingerprint density at radius 1 is 1.39 bits per heavy atom. The number of nitrogens with zero attached hydrogens (tertiary/aromatic N) is 1. The SMILES string of the molecule is CN=C(NCc1cccc(NC(C)=O)c1)NCC1(C)CCCO1. The van der Waals surface area contributed by atoms with Crippen molar-refractivity contribution in [2.24, 2.45) is 4.99 Å². The molecule has 0 saturated carbocycles. The molecule has 1 saturated heterocycles. The minimum atomic E-state index is -0.108. The lowest BCUT2D eigenvalue weighted by atomic mass is 10.0. The summed E-state index contributed by atoms with van der Waals surface area (Å²) in [5.74, 6) is 0.670. The lowest BCUT2D eigenvalue weighted by Gasteiger charge is -2.24. The molecule has 1 unspecified atom stereocenters. The third kappa shape index (κ3) is 5.56. The number of ether oxygens (including phenoxy) is 1. The van der Waals surface area contributed by atoms with Gasteiger partial charge in [0, 0.05) is 39.4 Å². The van der Waals surface area contributed by atoms with Gasteiger partial charge in [-0.25, -0.2) is 0 Å². The van der Waals surface area contributed by atoms with Gasteiger partial charge in [-0.05, 0) is 37.5 Å². The zero-order valence-corrected chi connectivity index (χ0v) is 14.1. The van der Waals surface area contributed by atoms with Crippen LogP contribution in [0.25, 0.3) is 0 Å². The van der Waals surface area contributed by atoms with Crippen LogP contribution in [0, 0.1) is 0 Å². The number of carbonyl (C=O) groups excluding carboxylic acids is 1. The molecule has 1 aliphatic heterocycles. The fourth-order valence-electron chi connectivity index (χ4n) is 2.62. The van der Waals surface area contributed by atoms with Gasteiger partial charge in [-0.1, -0.05) is 12.1 Å². The van der Waals surface area contributed by atoms with Crippen molar-refractivity contribution in [3.63, 3.8) is 0 Å². The van der Waals surface area contributed by atoms with Crippen molar-refractivity contribution in [2.75, 3.05) is 25.5 Å². The highest BCUT2D eigenvalue weighted by molar-refractivity contribution is 5.88. The largest absolute Gasteiger partial charge is 0.373 e. The van der Waals surface area contributed by atoms with Gasteiger partial charge in [-0.15, -0.1) is 0 Å². The maximum absolute atomic E-state index is 11.1. The van der Waals surface area contributed by atoms with Gasteiger partial charge in [0.25, 0.3) is 0 Å². The number of nitrogens with one attached hydrogen (secondary N) is 3. The predicted octanol–water partition coefficient (Wildman–Crippen LogP) is 1.88. The van der Waals surface area contributed by atoms with Crippen LogP contribution < -0.4 is 16.0 Å². The standard InChI is InChI=1S/C17H26N4O2/c1-13(22)21-15-7-4-6-14(10-15)11-19-16(18-3)20-12-17(2)8-5-9-23-17/h4,6-7,10H,5,8-9,11-12H2,1-3H3,(H,21,22)(H2,18,19,20). The summed E-state index contributed by atoms with van der Waals surface area (Å²) in [6.45, 7) is 5.82. The van der Waals surface area contributed by atoms with Crippen molar-refractivity contribution >= 4 is 17.6 Å². The Kier molecular flexibility index (Phi) is 5.98. The van der Waals surface area contributed by atoms with Gasteiger partial charge in [0.05, 0.1) is 5.60 Å². The van der Waals surface area contributed by atoms with E-state index in [0.717, 1.165) is 43.2 Å². The predicted molar refractivity (Wildman–Crippen MR) is 92.5 cm³/mol. The quantitative estimate of drug-likeness (QED) is 0.572. The Labute approximate surface area is 137 Å². The molecule has 0 aromatic heterocycles. The van der Waals surface area contributed by atoms with E-state index < -0.39 is 0 Å². The Hall–Kier alpha value is -2.08. The Morgan fingerprint density at radius 2 is 2.22 bits per heavy atom. The molecule has 126 valence electrons. The zero-order chi connectivity index (χ0) is 16.7. The van der Waals surface area contributed by atoms with Gasteiger partial charge in [0.1, 0.15) is 0 Å². The number of hydrogen-bond acceptors (Lipinski definition) is 3. The van der Waals surface area contributed by atoms with Crippen LogP contribution in [0.2, 0.25) is 0 Å². The smallest absolute Gasteiger partial charge is 0.221 e. The molecule has 1 fully saturated rings. The molecule has 0 radical (unpaired) electrons. The van der Waals surface area contributed by atoms with E-state index in [1.807, 2.05) is 24.3 Å². The average Bonchev–Trinajstić information content (AvgIpc) is 2.94. The number of carbonyl (C=O) groups is 1. The first-order chi connectivity index (χ1) is 11.0. The Balaban J connectivity index is 1.84. The molecule has 1 aliphatic rings. The first kappa shape index (κ1) is 17.3. The molecular formula is C17H26N4O2. The first-order valence-electron chi connectivity index (χ1n) is 7.96. The van der Waals surface area contributed by atoms with Gasteiger partial charge >= 0.3 is 0 Å². The number of aliphatic imine (C=N–C) groups is 1. The highest BCUT2D eigenvalue weighted by Crippen LogP contribution is 2.23. The van der Waals surface area contributed by atoms with Crippen LogP contribution in [0.5, 0.6) is 0 Å². The summed E-state index contributed by atoms with van der Waals surface area (Å²) in [5.41, 5.74) is 1.76. The van der Waals surface area contributed by atoms with Gasteiger partial charge in [-0.3, -0.25) is 9.79 Å². The minimum Gasteiger partial charge on any atom is -0.373 e. The average molecular weight is 318 g/mol. The van der Waals surface area contributed by atoms with Crippen molar-refractivity contribution in [1.29, 1.82) is 0 Å². The lowest BCUT2D eigenvalue weighted by Crippen LogP contribution is -2.45. The van der Waals surface area contributed by atoms with Crippen molar-refractivity contribution in [2.45, 2.75) is 38.8 Å². The monoisotopic (exact) mass is 318 g/mol. The molecule has 1 heterocycles. The van der Waals surface area contributed by atoms with Crippen LogP contribution in [-0.2, 0) is 16.1 Å². The molecule has 0 spiro atoms. The summed E-state index contributed by atoms with van der Waals surface area (Å²) in [6.07, 6.45) is 2.18. The van der Waals surface area contributed by atoms with Crippen molar-refractivity contribution < 1.29 is 9.53 Å². The number of hydrogen-bond donors (Lipinski definition) is 3. The molecule has 1 aromatic carbocycles. The van der Waals surface area contributed by atoms with Crippen molar-refractivity contribution in [1.82, 2.24) is 10.6 Å². The van der Waals surface area contributed by atoms with E-state index in [2.05, 4.69) is 27.9 Å². The fourth-order valence-corrected chi connectivity index (χ4v) is 2.62. The zero-order valence-electron chi connectivity index (χ0n) is 14.1. The molecule has 0 bridgehead atoms. The maximum Gasteiger partial charge on any atom is 0.221 e. The Morgan fingerprint density at radius 3 is 2.87 bits per heavy atom. The molecule has 3 N–H and O–H groups in total.